The van der Waals surface area contributed by atoms with Crippen molar-refractivity contribution >= 4 is 46.6 Å². The number of rotatable bonds is 6. The van der Waals surface area contributed by atoms with Crippen LogP contribution in [-0.2, 0) is 11.4 Å². The molecule has 6 nitrogen and oxygen atoms in total. The quantitative estimate of drug-likeness (QED) is 0.220. The molecule has 0 fully saturated rings. The first-order valence-electron chi connectivity index (χ1n) is 10.4. The molecule has 0 bridgehead atoms. The molecule has 2 aromatic carbocycles. The molecule has 172 valence electrons. The van der Waals surface area contributed by atoms with Gasteiger partial charge in [-0.3, -0.25) is 10.1 Å². The van der Waals surface area contributed by atoms with E-state index < -0.39 is 5.91 Å². The van der Waals surface area contributed by atoms with E-state index in [-0.39, 0.29) is 11.7 Å². The highest BCUT2D eigenvalue weighted by molar-refractivity contribution is 7.80. The molecular formula is C26H21ClN2O4S. The van der Waals surface area contributed by atoms with E-state index >= 15 is 0 Å². The van der Waals surface area contributed by atoms with Gasteiger partial charge in [0.2, 0.25) is 5.91 Å². The lowest BCUT2D eigenvalue weighted by Crippen LogP contribution is -2.32. The van der Waals surface area contributed by atoms with Gasteiger partial charge < -0.3 is 19.3 Å². The zero-order valence-electron chi connectivity index (χ0n) is 18.2. The van der Waals surface area contributed by atoms with Crippen molar-refractivity contribution in [2.24, 2.45) is 0 Å². The molecule has 2 heterocycles. The number of thiocarbonyl (C=S) groups is 1. The zero-order valence-corrected chi connectivity index (χ0v) is 19.7. The molecule has 4 rings (SSSR count). The topological polar surface area (TPSA) is 87.6 Å². The molecule has 0 aliphatic carbocycles. The third kappa shape index (κ3) is 5.82. The highest BCUT2D eigenvalue weighted by Crippen LogP contribution is 2.27. The summed E-state index contributed by atoms with van der Waals surface area (Å²) in [5.41, 5.74) is 3.41. The van der Waals surface area contributed by atoms with Gasteiger partial charge in [0.1, 0.15) is 29.6 Å². The Morgan fingerprint density at radius 1 is 1.00 bits per heavy atom. The van der Waals surface area contributed by atoms with E-state index in [2.05, 4.69) is 10.6 Å². The van der Waals surface area contributed by atoms with Crippen molar-refractivity contribution in [1.29, 1.82) is 0 Å². The minimum atomic E-state index is -0.391. The fourth-order valence-electron chi connectivity index (χ4n) is 3.15. The Hall–Kier alpha value is -3.65. The lowest BCUT2D eigenvalue weighted by molar-refractivity contribution is -0.115. The van der Waals surface area contributed by atoms with Crippen molar-refractivity contribution in [3.63, 3.8) is 0 Å². The molecule has 0 saturated heterocycles. The summed E-state index contributed by atoms with van der Waals surface area (Å²) in [5.74, 6) is 1.95. The van der Waals surface area contributed by atoms with Crippen LogP contribution in [0.2, 0.25) is 5.02 Å². The molecule has 0 unspecified atom stereocenters. The molecule has 3 N–H and O–H groups in total. The Balaban J connectivity index is 1.31. The molecule has 8 heteroatoms. The van der Waals surface area contributed by atoms with E-state index in [0.717, 1.165) is 16.7 Å². The Kier molecular flexibility index (Phi) is 7.27. The van der Waals surface area contributed by atoms with Crippen LogP contribution in [0.3, 0.4) is 0 Å². The average Bonchev–Trinajstić information content (AvgIpc) is 3.50. The molecule has 0 atom stereocenters. The molecule has 0 saturated carbocycles. The van der Waals surface area contributed by atoms with E-state index in [1.807, 2.05) is 55.5 Å². The zero-order chi connectivity index (χ0) is 24.1. The van der Waals surface area contributed by atoms with Crippen molar-refractivity contribution in [1.82, 2.24) is 5.32 Å². The van der Waals surface area contributed by atoms with Gasteiger partial charge in [0.25, 0.3) is 0 Å². The molecule has 0 aliphatic heterocycles. The summed E-state index contributed by atoms with van der Waals surface area (Å²) in [7, 11) is 0. The first kappa shape index (κ1) is 23.5. The second kappa shape index (κ2) is 10.5. The van der Waals surface area contributed by atoms with E-state index in [9.17, 15) is 4.79 Å². The maximum absolute atomic E-state index is 12.2. The predicted molar refractivity (Wildman–Crippen MR) is 137 cm³/mol. The molecule has 34 heavy (non-hydrogen) atoms. The van der Waals surface area contributed by atoms with Gasteiger partial charge >= 0.3 is 0 Å². The largest absolute Gasteiger partial charge is 0.459 e. The second-order valence-electron chi connectivity index (χ2n) is 7.44. The fraction of sp³-hybridized carbons (Fsp3) is 0.0769. The Bertz CT molecular complexity index is 1360. The van der Waals surface area contributed by atoms with E-state index in [1.54, 1.807) is 24.3 Å². The average molecular weight is 493 g/mol. The number of hydrogen-bond acceptors (Lipinski definition) is 5. The molecule has 1 amide bonds. The third-order valence-electron chi connectivity index (χ3n) is 4.96. The molecule has 4 aromatic rings. The number of nitrogens with one attached hydrogen (secondary N) is 2. The first-order valence-corrected chi connectivity index (χ1v) is 11.2. The lowest BCUT2D eigenvalue weighted by atomic mass is 10.1. The summed E-state index contributed by atoms with van der Waals surface area (Å²) in [6, 6.07) is 20.1. The van der Waals surface area contributed by atoms with Crippen LogP contribution >= 0.6 is 23.8 Å². The van der Waals surface area contributed by atoms with Crippen LogP contribution in [-0.4, -0.2) is 16.1 Å². The summed E-state index contributed by atoms with van der Waals surface area (Å²) in [5, 5.41) is 15.5. The summed E-state index contributed by atoms with van der Waals surface area (Å²) in [6.07, 6.45) is 2.91. The number of amides is 1. The highest BCUT2D eigenvalue weighted by atomic mass is 35.5. The third-order valence-corrected chi connectivity index (χ3v) is 5.57. The Morgan fingerprint density at radius 3 is 2.41 bits per heavy atom. The Morgan fingerprint density at radius 2 is 1.71 bits per heavy atom. The van der Waals surface area contributed by atoms with Crippen LogP contribution in [0.5, 0.6) is 0 Å². The van der Waals surface area contributed by atoms with Crippen LogP contribution in [0.4, 0.5) is 5.69 Å². The first-order chi connectivity index (χ1) is 16.4. The molecular weight excluding hydrogens is 472 g/mol. The summed E-state index contributed by atoms with van der Waals surface area (Å²) in [6.45, 7) is 1.79. The van der Waals surface area contributed by atoms with Crippen molar-refractivity contribution < 1.29 is 18.7 Å². The Labute approximate surface area is 206 Å². The van der Waals surface area contributed by atoms with Gasteiger partial charge in [-0.2, -0.15) is 0 Å². The van der Waals surface area contributed by atoms with Gasteiger partial charge in [-0.05, 0) is 85.4 Å². The number of hydrogen-bond donors (Lipinski definition) is 3. The maximum Gasteiger partial charge on any atom is 0.250 e. The van der Waals surface area contributed by atoms with Crippen molar-refractivity contribution in [2.45, 2.75) is 13.5 Å². The molecule has 0 aliphatic rings. The summed E-state index contributed by atoms with van der Waals surface area (Å²) < 4.78 is 11.3. The van der Waals surface area contributed by atoms with E-state index in [4.69, 9.17) is 37.8 Å². The predicted octanol–water partition coefficient (Wildman–Crippen LogP) is 6.19. The van der Waals surface area contributed by atoms with E-state index in [0.29, 0.717) is 33.8 Å². The SMILES string of the molecule is Cc1ccc(-c2ccc(/C=C/C(=O)NC(=S)Nc3ccc(-c4ccc(CO)o4)cc3)o2)cc1Cl. The monoisotopic (exact) mass is 492 g/mol. The number of carbonyl (C=O) groups is 1. The minimum absolute atomic E-state index is 0.148. The fourth-order valence-corrected chi connectivity index (χ4v) is 3.55. The number of halogens is 1. The van der Waals surface area contributed by atoms with Gasteiger partial charge in [0.05, 0.1) is 0 Å². The standard InChI is InChI=1S/C26H21ClN2O4S/c1-16-2-3-18(14-22(16)27)24-11-8-20(32-24)10-13-25(31)29-26(34)28-19-6-4-17(5-7-19)23-12-9-21(15-30)33-23/h2-14,30H,15H2,1H3,(H2,28,29,31,34)/b13-10+. The van der Waals surface area contributed by atoms with E-state index in [1.165, 1.54) is 6.08 Å². The van der Waals surface area contributed by atoms with Gasteiger partial charge in [0, 0.05) is 27.9 Å². The van der Waals surface area contributed by atoms with Crippen LogP contribution in [0, 0.1) is 6.92 Å². The molecule has 2 aromatic heterocycles. The van der Waals surface area contributed by atoms with Crippen molar-refractivity contribution in [3.05, 3.63) is 94.9 Å². The normalized spacial score (nSPS) is 11.0. The number of aliphatic hydroxyl groups is 1. The van der Waals surface area contributed by atoms with Gasteiger partial charge in [-0.1, -0.05) is 23.7 Å². The highest BCUT2D eigenvalue weighted by Gasteiger charge is 2.08. The number of aliphatic hydroxyl groups excluding tert-OH is 1. The number of anilines is 1. The maximum atomic E-state index is 12.2. The smallest absolute Gasteiger partial charge is 0.250 e. The van der Waals surface area contributed by atoms with Gasteiger partial charge in [0.15, 0.2) is 5.11 Å². The van der Waals surface area contributed by atoms with Gasteiger partial charge in [-0.15, -0.1) is 0 Å². The van der Waals surface area contributed by atoms with Crippen molar-refractivity contribution in [3.8, 4) is 22.6 Å². The molecule has 0 spiro atoms. The number of benzene rings is 2. The number of furan rings is 2. The van der Waals surface area contributed by atoms with Gasteiger partial charge in [-0.25, -0.2) is 0 Å². The molecule has 0 radical (unpaired) electrons. The minimum Gasteiger partial charge on any atom is -0.459 e. The lowest BCUT2D eigenvalue weighted by Gasteiger charge is -2.08. The second-order valence-corrected chi connectivity index (χ2v) is 8.26. The van der Waals surface area contributed by atoms with Crippen LogP contribution in [0.1, 0.15) is 17.1 Å². The summed E-state index contributed by atoms with van der Waals surface area (Å²) in [4.78, 5) is 12.2. The van der Waals surface area contributed by atoms with Crippen molar-refractivity contribution in [2.75, 3.05) is 5.32 Å². The number of carbonyl (C=O) groups excluding carboxylic acids is 1. The van der Waals surface area contributed by atoms with Crippen LogP contribution in [0.25, 0.3) is 28.7 Å². The summed E-state index contributed by atoms with van der Waals surface area (Å²) >= 11 is 11.4. The van der Waals surface area contributed by atoms with Crippen LogP contribution in [0.15, 0.2) is 81.6 Å². The number of aryl methyl sites for hydroxylation is 1. The van der Waals surface area contributed by atoms with Crippen LogP contribution < -0.4 is 10.6 Å².